The molecule has 4 rings (SSSR count). The molecule has 2 heterocycles. The smallest absolute Gasteiger partial charge is 0.313 e. The van der Waals surface area contributed by atoms with Crippen molar-refractivity contribution in [2.75, 3.05) is 0 Å². The van der Waals surface area contributed by atoms with Gasteiger partial charge in [-0.1, -0.05) is 41.1 Å². The van der Waals surface area contributed by atoms with E-state index in [1.54, 1.807) is 19.3 Å². The second-order valence-electron chi connectivity index (χ2n) is 7.22. The lowest BCUT2D eigenvalue weighted by molar-refractivity contribution is -0.384. The van der Waals surface area contributed by atoms with Crippen LogP contribution < -0.4 is 11.2 Å². The monoisotopic (exact) mass is 482 g/mol. The number of aryl methyl sites for hydroxylation is 2. The van der Waals surface area contributed by atoms with Gasteiger partial charge in [-0.2, -0.15) is 0 Å². The second kappa shape index (κ2) is 7.66. The van der Waals surface area contributed by atoms with Gasteiger partial charge in [-0.15, -0.1) is 0 Å². The maximum Gasteiger partial charge on any atom is 0.330 e. The zero-order valence-electron chi connectivity index (χ0n) is 17.1. The lowest BCUT2D eigenvalue weighted by Gasteiger charge is -2.14. The van der Waals surface area contributed by atoms with E-state index in [1.807, 2.05) is 35.8 Å². The topological polar surface area (TPSA) is 92.1 Å². The van der Waals surface area contributed by atoms with Crippen molar-refractivity contribution in [3.05, 3.63) is 89.6 Å². The summed E-state index contributed by atoms with van der Waals surface area (Å²) in [4.78, 5) is 36.7. The molecule has 0 atom stereocenters. The number of para-hydroxylation sites is 1. The predicted octanol–water partition coefficient (Wildman–Crippen LogP) is 3.93. The first-order valence-corrected chi connectivity index (χ1v) is 10.4. The van der Waals surface area contributed by atoms with E-state index < -0.39 is 16.2 Å². The third-order valence-corrected chi connectivity index (χ3v) is 6.18. The Hall–Kier alpha value is -3.46. The summed E-state index contributed by atoms with van der Waals surface area (Å²) in [6.07, 6.45) is 2.49. The molecule has 0 N–H and O–H groups in total. The molecular weight excluding hydrogens is 464 g/mol. The molecule has 8 nitrogen and oxygen atoms in total. The largest absolute Gasteiger partial charge is 0.330 e. The SMILES string of the molecule is CCc1ccccc1-n1cc2c(c1-c1cc([N+](=O)[O-])ccc1Br)c(=O)n(C)c(=O)n2C. The molecule has 9 heteroatoms. The third-order valence-electron chi connectivity index (χ3n) is 5.49. The predicted molar refractivity (Wildman–Crippen MR) is 123 cm³/mol. The van der Waals surface area contributed by atoms with Gasteiger partial charge in [0.15, 0.2) is 0 Å². The van der Waals surface area contributed by atoms with Crippen LogP contribution in [0.15, 0.2) is 62.7 Å². The summed E-state index contributed by atoms with van der Waals surface area (Å²) in [6.45, 7) is 2.03. The summed E-state index contributed by atoms with van der Waals surface area (Å²) in [6, 6.07) is 12.2. The summed E-state index contributed by atoms with van der Waals surface area (Å²) < 4.78 is 4.90. The number of aromatic nitrogens is 3. The Balaban J connectivity index is 2.26. The average Bonchev–Trinajstić information content (AvgIpc) is 3.16. The maximum absolute atomic E-state index is 13.2. The van der Waals surface area contributed by atoms with Crippen molar-refractivity contribution < 1.29 is 4.92 Å². The molecular formula is C22H19BrN4O4. The number of fused-ring (bicyclic) bond motifs is 1. The number of hydrogen-bond donors (Lipinski definition) is 0. The number of halogens is 1. The number of benzene rings is 2. The molecule has 4 aromatic rings. The van der Waals surface area contributed by atoms with Gasteiger partial charge in [-0.25, -0.2) is 4.79 Å². The van der Waals surface area contributed by atoms with Crippen LogP contribution in [0.2, 0.25) is 0 Å². The van der Waals surface area contributed by atoms with Crippen LogP contribution in [0.4, 0.5) is 5.69 Å². The Kier molecular flexibility index (Phi) is 5.14. The Bertz CT molecular complexity index is 1480. The molecule has 0 spiro atoms. The van der Waals surface area contributed by atoms with Crippen molar-refractivity contribution in [1.29, 1.82) is 0 Å². The van der Waals surface area contributed by atoms with Crippen molar-refractivity contribution in [3.63, 3.8) is 0 Å². The third kappa shape index (κ3) is 3.21. The van der Waals surface area contributed by atoms with E-state index in [-0.39, 0.29) is 5.69 Å². The number of nitro groups is 1. The van der Waals surface area contributed by atoms with Crippen LogP contribution in [0.3, 0.4) is 0 Å². The zero-order chi connectivity index (χ0) is 22.4. The highest BCUT2D eigenvalue weighted by Gasteiger charge is 2.24. The van der Waals surface area contributed by atoms with Gasteiger partial charge in [-0.3, -0.25) is 24.0 Å². The van der Waals surface area contributed by atoms with E-state index in [4.69, 9.17) is 0 Å². The first-order chi connectivity index (χ1) is 14.8. The second-order valence-corrected chi connectivity index (χ2v) is 8.07. The van der Waals surface area contributed by atoms with Gasteiger partial charge in [0.2, 0.25) is 0 Å². The molecule has 0 unspecified atom stereocenters. The van der Waals surface area contributed by atoms with Gasteiger partial charge >= 0.3 is 5.69 Å². The van der Waals surface area contributed by atoms with Crippen molar-refractivity contribution in [2.45, 2.75) is 13.3 Å². The molecule has 0 aliphatic rings. The van der Waals surface area contributed by atoms with Crippen molar-refractivity contribution >= 4 is 32.5 Å². The van der Waals surface area contributed by atoms with Gasteiger partial charge in [0, 0.05) is 48.1 Å². The lowest BCUT2D eigenvalue weighted by atomic mass is 10.1. The Labute approximate surface area is 185 Å². The Morgan fingerprint density at radius 1 is 1.06 bits per heavy atom. The van der Waals surface area contributed by atoms with Crippen LogP contribution >= 0.6 is 15.9 Å². The van der Waals surface area contributed by atoms with E-state index in [2.05, 4.69) is 15.9 Å². The van der Waals surface area contributed by atoms with Crippen molar-refractivity contribution in [2.24, 2.45) is 14.1 Å². The summed E-state index contributed by atoms with van der Waals surface area (Å²) in [5.74, 6) is 0. The highest BCUT2D eigenvalue weighted by Crippen LogP contribution is 2.38. The fourth-order valence-corrected chi connectivity index (χ4v) is 4.28. The van der Waals surface area contributed by atoms with Gasteiger partial charge in [-0.05, 0) is 24.1 Å². The van der Waals surface area contributed by atoms with E-state index in [0.29, 0.717) is 26.6 Å². The molecule has 0 aliphatic carbocycles. The van der Waals surface area contributed by atoms with Gasteiger partial charge in [0.05, 0.1) is 21.5 Å². The molecule has 31 heavy (non-hydrogen) atoms. The van der Waals surface area contributed by atoms with Crippen molar-refractivity contribution in [3.8, 4) is 16.9 Å². The summed E-state index contributed by atoms with van der Waals surface area (Å²) >= 11 is 3.49. The van der Waals surface area contributed by atoms with Crippen LogP contribution in [0.1, 0.15) is 12.5 Å². The summed E-state index contributed by atoms with van der Waals surface area (Å²) in [5.41, 5.74) is 2.31. The standard InChI is InChI=1S/C22H19BrN4O4/c1-4-13-7-5-6-8-17(13)26-12-18-19(21(28)25(3)22(29)24(18)2)20(26)15-11-14(27(30)31)9-10-16(15)23/h5-12H,4H2,1-3H3. The quantitative estimate of drug-likeness (QED) is 0.325. The number of nitro benzene ring substituents is 1. The first-order valence-electron chi connectivity index (χ1n) is 9.59. The number of rotatable bonds is 4. The number of hydrogen-bond acceptors (Lipinski definition) is 4. The van der Waals surface area contributed by atoms with Gasteiger partial charge < -0.3 is 4.57 Å². The molecule has 0 radical (unpaired) electrons. The van der Waals surface area contributed by atoms with Crippen LogP contribution in [-0.4, -0.2) is 18.6 Å². The molecule has 0 amide bonds. The Morgan fingerprint density at radius 2 is 1.77 bits per heavy atom. The Morgan fingerprint density at radius 3 is 2.45 bits per heavy atom. The molecule has 0 fully saturated rings. The number of nitrogens with zero attached hydrogens (tertiary/aromatic N) is 4. The van der Waals surface area contributed by atoms with E-state index >= 15 is 0 Å². The van der Waals surface area contributed by atoms with Crippen LogP contribution in [-0.2, 0) is 20.5 Å². The molecule has 0 aliphatic heterocycles. The fraction of sp³-hybridized carbons (Fsp3) is 0.182. The first kappa shape index (κ1) is 20.8. The molecule has 158 valence electrons. The summed E-state index contributed by atoms with van der Waals surface area (Å²) in [5, 5.41) is 11.8. The minimum atomic E-state index is -0.473. The fourth-order valence-electron chi connectivity index (χ4n) is 3.85. The van der Waals surface area contributed by atoms with Crippen molar-refractivity contribution in [1.82, 2.24) is 13.7 Å². The minimum Gasteiger partial charge on any atom is -0.313 e. The average molecular weight is 483 g/mol. The molecule has 0 saturated heterocycles. The molecule has 0 bridgehead atoms. The van der Waals surface area contributed by atoms with E-state index in [1.165, 1.54) is 23.7 Å². The zero-order valence-corrected chi connectivity index (χ0v) is 18.7. The maximum atomic E-state index is 13.2. The minimum absolute atomic E-state index is 0.0930. The normalized spacial score (nSPS) is 11.2. The molecule has 2 aromatic heterocycles. The number of non-ortho nitro benzene ring substituents is 1. The highest BCUT2D eigenvalue weighted by atomic mass is 79.9. The van der Waals surface area contributed by atoms with E-state index in [9.17, 15) is 19.7 Å². The summed E-state index contributed by atoms with van der Waals surface area (Å²) in [7, 11) is 3.03. The van der Waals surface area contributed by atoms with Crippen LogP contribution in [0.25, 0.3) is 27.8 Å². The van der Waals surface area contributed by atoms with Crippen LogP contribution in [0.5, 0.6) is 0 Å². The molecule has 2 aromatic carbocycles. The van der Waals surface area contributed by atoms with Gasteiger partial charge in [0.25, 0.3) is 11.2 Å². The lowest BCUT2D eigenvalue weighted by Crippen LogP contribution is -2.36. The van der Waals surface area contributed by atoms with E-state index in [0.717, 1.165) is 22.2 Å². The highest BCUT2D eigenvalue weighted by molar-refractivity contribution is 9.10. The van der Waals surface area contributed by atoms with Crippen LogP contribution in [0, 0.1) is 10.1 Å². The van der Waals surface area contributed by atoms with Gasteiger partial charge in [0.1, 0.15) is 0 Å². The molecule has 0 saturated carbocycles.